The first-order valence-electron chi connectivity index (χ1n) is 26.5. The van der Waals surface area contributed by atoms with E-state index in [9.17, 15) is 34.1 Å². The lowest BCUT2D eigenvalue weighted by Crippen LogP contribution is -2.51. The molecule has 6 rings (SSSR count). The number of amides is 4. The molecule has 9 atom stereocenters. The van der Waals surface area contributed by atoms with Gasteiger partial charge in [0.25, 0.3) is 5.69 Å². The van der Waals surface area contributed by atoms with Gasteiger partial charge in [0.1, 0.15) is 18.4 Å². The maximum absolute atomic E-state index is 13.1. The summed E-state index contributed by atoms with van der Waals surface area (Å²) in [5.41, 5.74) is 3.29. The molecule has 1 unspecified atom stereocenters. The number of hydrogen-bond donors (Lipinski definition) is 4. The van der Waals surface area contributed by atoms with Gasteiger partial charge < -0.3 is 35.5 Å². The monoisotopic (exact) mass is 984 g/mol. The standard InChI is InChI=1S/C56H81N5O10/c1-36(2)10-8-11-38(5)46-22-23-47-45-21-14-40-33-44(26-28-55(40,6)48(45)27-29-56(46,47)7)69-31-9-30-57-50(62)24-25-51(63)60-49(32-37(3)4)53(65)58-34-52(64)59-41-15-12-39(13-16-41)35-70-54(66)71-43-19-17-42(18-20-43)61(67)68/h12-20,36-38,44-49H,8-11,21-35H2,1-7H3,(H,57,62)(H,58,65)(H,59,64)(H,60,63)/t38-,44+,45+,46?,47+,48+,49+,55+,56-/m1/s1. The van der Waals surface area contributed by atoms with Gasteiger partial charge >= 0.3 is 6.16 Å². The normalized spacial score (nSPS) is 25.4. The molecule has 0 bridgehead atoms. The van der Waals surface area contributed by atoms with Gasteiger partial charge in [-0.25, -0.2) is 4.79 Å². The maximum atomic E-state index is 13.1. The van der Waals surface area contributed by atoms with Crippen molar-refractivity contribution >= 4 is 41.2 Å². The molecule has 0 heterocycles. The Labute approximate surface area is 421 Å². The van der Waals surface area contributed by atoms with Crippen LogP contribution in [0.1, 0.15) is 150 Å². The van der Waals surface area contributed by atoms with E-state index in [1.807, 2.05) is 13.8 Å². The third kappa shape index (κ3) is 15.1. The number of non-ortho nitro benzene ring substituents is 1. The Kier molecular flexibility index (Phi) is 19.7. The average molecular weight is 984 g/mol. The van der Waals surface area contributed by atoms with Crippen molar-refractivity contribution in [3.63, 3.8) is 0 Å². The minimum atomic E-state index is -0.993. The first kappa shape index (κ1) is 55.0. The Bertz CT molecular complexity index is 2180. The van der Waals surface area contributed by atoms with Crippen LogP contribution in [0.3, 0.4) is 0 Å². The Morgan fingerprint density at radius 3 is 2.24 bits per heavy atom. The van der Waals surface area contributed by atoms with Gasteiger partial charge in [-0.3, -0.25) is 29.3 Å². The Balaban J connectivity index is 0.838. The molecule has 4 aliphatic rings. The van der Waals surface area contributed by atoms with Gasteiger partial charge in [-0.2, -0.15) is 0 Å². The van der Waals surface area contributed by atoms with Gasteiger partial charge in [-0.1, -0.05) is 91.5 Å². The fourth-order valence-corrected chi connectivity index (χ4v) is 12.7. The molecule has 2 aromatic carbocycles. The van der Waals surface area contributed by atoms with E-state index in [1.165, 1.54) is 82.1 Å². The number of hydrogen-bond acceptors (Lipinski definition) is 10. The largest absolute Gasteiger partial charge is 0.514 e. The second kappa shape index (κ2) is 25.4. The molecule has 3 fully saturated rings. The second-order valence-electron chi connectivity index (χ2n) is 22.3. The highest BCUT2D eigenvalue weighted by Crippen LogP contribution is 2.67. The SMILES string of the molecule is CC(C)CCC[C@@H](C)C1CC[C@H]2[C@@H]3CC=C4C[C@@H](OCCCNC(=O)CCC(=O)N[C@@H](CC(C)C)C(=O)NCC(=O)Nc5ccc(COC(=O)Oc6ccc([N+](=O)[O-])cc6)cc5)CC[C@]4(C)[C@H]3CC[C@]12C. The summed E-state index contributed by atoms with van der Waals surface area (Å²) in [5.74, 6) is 3.42. The van der Waals surface area contributed by atoms with Crippen LogP contribution >= 0.6 is 0 Å². The smallest absolute Gasteiger partial charge is 0.429 e. The van der Waals surface area contributed by atoms with E-state index in [-0.39, 0.29) is 60.8 Å². The number of carbonyl (C=O) groups is 5. The second-order valence-corrected chi connectivity index (χ2v) is 22.3. The molecular formula is C56H81N5O10. The lowest BCUT2D eigenvalue weighted by atomic mass is 9.47. The fraction of sp³-hybridized carbons (Fsp3) is 0.661. The number of nitrogens with one attached hydrogen (secondary N) is 4. The highest BCUT2D eigenvalue weighted by molar-refractivity contribution is 5.96. The molecule has 4 N–H and O–H groups in total. The van der Waals surface area contributed by atoms with Gasteiger partial charge in [-0.15, -0.1) is 0 Å². The molecular weight excluding hydrogens is 903 g/mol. The van der Waals surface area contributed by atoms with Crippen LogP contribution in [0.2, 0.25) is 0 Å². The number of ether oxygens (including phenoxy) is 3. The summed E-state index contributed by atoms with van der Waals surface area (Å²) in [6.07, 6.45) is 16.9. The predicted octanol–water partition coefficient (Wildman–Crippen LogP) is 10.6. The number of nitro benzene ring substituents is 1. The number of allylic oxidation sites excluding steroid dienone is 1. The summed E-state index contributed by atoms with van der Waals surface area (Å²) >= 11 is 0. The summed E-state index contributed by atoms with van der Waals surface area (Å²) in [6, 6.07) is 10.6. The lowest BCUT2D eigenvalue weighted by molar-refractivity contribution is -0.384. The summed E-state index contributed by atoms with van der Waals surface area (Å²) in [6.45, 7) is 16.9. The van der Waals surface area contributed by atoms with Gasteiger partial charge in [0.15, 0.2) is 0 Å². The number of nitro groups is 1. The Hall–Kier alpha value is -5.31. The number of carbonyl (C=O) groups excluding carboxylic acids is 5. The van der Waals surface area contributed by atoms with Crippen LogP contribution in [0.5, 0.6) is 5.75 Å². The van der Waals surface area contributed by atoms with E-state index < -0.39 is 34.8 Å². The molecule has 0 saturated heterocycles. The summed E-state index contributed by atoms with van der Waals surface area (Å²) in [7, 11) is 0. The topological polar surface area (TPSA) is 204 Å². The zero-order chi connectivity index (χ0) is 51.3. The van der Waals surface area contributed by atoms with E-state index in [2.05, 4.69) is 62.0 Å². The average Bonchev–Trinajstić information content (AvgIpc) is 3.69. The third-order valence-corrected chi connectivity index (χ3v) is 16.5. The first-order valence-corrected chi connectivity index (χ1v) is 26.5. The van der Waals surface area contributed by atoms with Crippen molar-refractivity contribution in [3.8, 4) is 5.75 Å². The molecule has 15 heteroatoms. The number of benzene rings is 2. The van der Waals surface area contributed by atoms with E-state index in [0.717, 1.165) is 48.3 Å². The zero-order valence-corrected chi connectivity index (χ0v) is 43.4. The van der Waals surface area contributed by atoms with Crippen LogP contribution in [0.4, 0.5) is 16.2 Å². The van der Waals surface area contributed by atoms with Crippen molar-refractivity contribution in [2.45, 2.75) is 164 Å². The number of anilines is 1. The van der Waals surface area contributed by atoms with Crippen LogP contribution in [0.15, 0.2) is 60.2 Å². The molecule has 0 spiro atoms. The molecule has 0 aliphatic heterocycles. The maximum Gasteiger partial charge on any atom is 0.514 e. The van der Waals surface area contributed by atoms with E-state index in [4.69, 9.17) is 14.2 Å². The molecule has 71 heavy (non-hydrogen) atoms. The van der Waals surface area contributed by atoms with Crippen molar-refractivity contribution in [2.24, 2.45) is 52.3 Å². The van der Waals surface area contributed by atoms with E-state index in [0.29, 0.717) is 42.7 Å². The molecule has 0 radical (unpaired) electrons. The van der Waals surface area contributed by atoms with Crippen molar-refractivity contribution in [3.05, 3.63) is 75.9 Å². The quantitative estimate of drug-likeness (QED) is 0.0196. The van der Waals surface area contributed by atoms with Crippen molar-refractivity contribution in [2.75, 3.05) is 25.0 Å². The van der Waals surface area contributed by atoms with Gasteiger partial charge in [0, 0.05) is 43.8 Å². The highest BCUT2D eigenvalue weighted by Gasteiger charge is 2.59. The molecule has 390 valence electrons. The minimum Gasteiger partial charge on any atom is -0.429 e. The summed E-state index contributed by atoms with van der Waals surface area (Å²) in [5, 5.41) is 21.7. The van der Waals surface area contributed by atoms with Gasteiger partial charge in [0.2, 0.25) is 23.6 Å². The number of rotatable bonds is 24. The van der Waals surface area contributed by atoms with Crippen LogP contribution < -0.4 is 26.0 Å². The highest BCUT2D eigenvalue weighted by atomic mass is 16.7. The first-order chi connectivity index (χ1) is 33.8. The number of nitrogens with zero attached hydrogens (tertiary/aromatic N) is 1. The molecule has 15 nitrogen and oxygen atoms in total. The minimum absolute atomic E-state index is 0.0161. The van der Waals surface area contributed by atoms with Crippen molar-refractivity contribution in [1.29, 1.82) is 0 Å². The zero-order valence-electron chi connectivity index (χ0n) is 43.4. The predicted molar refractivity (Wildman–Crippen MR) is 273 cm³/mol. The summed E-state index contributed by atoms with van der Waals surface area (Å²) < 4.78 is 16.5. The van der Waals surface area contributed by atoms with E-state index >= 15 is 0 Å². The molecule has 0 aromatic heterocycles. The number of fused-ring (bicyclic) bond motifs is 5. The van der Waals surface area contributed by atoms with Crippen molar-refractivity contribution < 1.29 is 43.1 Å². The van der Waals surface area contributed by atoms with Crippen LogP contribution in [-0.4, -0.2) is 66.5 Å². The summed E-state index contributed by atoms with van der Waals surface area (Å²) in [4.78, 5) is 73.8. The van der Waals surface area contributed by atoms with Crippen molar-refractivity contribution in [1.82, 2.24) is 16.0 Å². The lowest BCUT2D eigenvalue weighted by Gasteiger charge is -2.58. The Morgan fingerprint density at radius 1 is 0.803 bits per heavy atom. The third-order valence-electron chi connectivity index (χ3n) is 16.5. The van der Waals surface area contributed by atoms with E-state index in [1.54, 1.807) is 29.8 Å². The van der Waals surface area contributed by atoms with Crippen LogP contribution in [0.25, 0.3) is 0 Å². The fourth-order valence-electron chi connectivity index (χ4n) is 12.7. The molecule has 3 saturated carbocycles. The van der Waals surface area contributed by atoms with Gasteiger partial charge in [-0.05, 0) is 146 Å². The van der Waals surface area contributed by atoms with Crippen LogP contribution in [-0.2, 0) is 35.3 Å². The molecule has 2 aromatic rings. The van der Waals surface area contributed by atoms with Crippen LogP contribution in [0, 0.1) is 62.4 Å². The molecule has 4 amide bonds. The molecule has 4 aliphatic carbocycles. The Morgan fingerprint density at radius 2 is 1.54 bits per heavy atom. The van der Waals surface area contributed by atoms with Gasteiger partial charge in [0.05, 0.1) is 17.6 Å².